The summed E-state index contributed by atoms with van der Waals surface area (Å²) in [5, 5.41) is 10.6. The van der Waals surface area contributed by atoms with Crippen molar-refractivity contribution in [1.29, 1.82) is 0 Å². The summed E-state index contributed by atoms with van der Waals surface area (Å²) in [4.78, 5) is 118. The van der Waals surface area contributed by atoms with Crippen LogP contribution in [0.2, 0.25) is 0 Å². The van der Waals surface area contributed by atoms with E-state index in [0.29, 0.717) is 125 Å². The van der Waals surface area contributed by atoms with Crippen LogP contribution in [0.5, 0.6) is 23.0 Å². The summed E-state index contributed by atoms with van der Waals surface area (Å²) in [6.45, 7) is 6.40. The van der Waals surface area contributed by atoms with Gasteiger partial charge >= 0.3 is 48.8 Å². The highest BCUT2D eigenvalue weighted by atomic mass is 19.4. The second kappa shape index (κ2) is 44.9. The molecule has 6 aromatic carbocycles. The molecule has 0 spiro atoms. The minimum Gasteiger partial charge on any atom is -0.496 e. The van der Waals surface area contributed by atoms with Crippen molar-refractivity contribution in [3.63, 3.8) is 0 Å². The van der Waals surface area contributed by atoms with Gasteiger partial charge in [-0.1, -0.05) is 50.2 Å². The van der Waals surface area contributed by atoms with E-state index < -0.39 is 224 Å². The average molecular weight is 2060 g/mol. The van der Waals surface area contributed by atoms with Crippen LogP contribution in [0.4, 0.5) is 109 Å². The number of morpholine rings is 1. The van der Waals surface area contributed by atoms with Gasteiger partial charge in [0.15, 0.2) is 0 Å². The van der Waals surface area contributed by atoms with Gasteiger partial charge in [-0.05, 0) is 154 Å². The van der Waals surface area contributed by atoms with Crippen LogP contribution < -0.4 is 67.1 Å². The molecule has 1 fully saturated rings. The maximum absolute atomic E-state index is 15.3. The molecule has 9 aromatic rings. The lowest BCUT2D eigenvalue weighted by Crippen LogP contribution is -2.53. The van der Waals surface area contributed by atoms with Crippen molar-refractivity contribution in [3.8, 4) is 56.4 Å². The number of pyridine rings is 3. The molecule has 13 rings (SSSR count). The lowest BCUT2D eigenvalue weighted by Gasteiger charge is -2.38. The van der Waals surface area contributed by atoms with Gasteiger partial charge in [0.25, 0.3) is 34.4 Å². The number of methoxy groups -OCH3 is 4. The predicted molar refractivity (Wildman–Crippen MR) is 479 cm³/mol. The predicted octanol–water partition coefficient (Wildman–Crippen LogP) is 16.8. The molecule has 4 aliphatic rings. The molecule has 5 N–H and O–H groups in total. The summed E-state index contributed by atoms with van der Waals surface area (Å²) in [7, 11) is 8.79. The molecule has 26 nitrogen and oxygen atoms in total. The molecule has 0 aliphatic carbocycles. The quantitative estimate of drug-likeness (QED) is 0.0191. The Labute approximate surface area is 806 Å². The number of carbonyl (C=O) groups is 6. The first-order chi connectivity index (χ1) is 67.5. The monoisotopic (exact) mass is 2060 g/mol. The summed E-state index contributed by atoms with van der Waals surface area (Å²) < 4.78 is 341. The molecule has 6 atom stereocenters. The van der Waals surface area contributed by atoms with Gasteiger partial charge in [-0.3, -0.25) is 28.8 Å². The molecule has 0 saturated carbocycles. The number of aromatic nitrogens is 3. The van der Waals surface area contributed by atoms with Crippen LogP contribution >= 0.6 is 0 Å². The van der Waals surface area contributed by atoms with Crippen molar-refractivity contribution >= 4 is 52.7 Å². The molecule has 1 saturated heterocycles. The summed E-state index contributed by atoms with van der Waals surface area (Å²) in [5.41, 5.74) is -6.89. The lowest BCUT2D eigenvalue weighted by atomic mass is 9.89. The van der Waals surface area contributed by atoms with E-state index in [1.54, 1.807) is 32.2 Å². The highest BCUT2D eigenvalue weighted by Gasteiger charge is 2.48. The second-order valence-corrected chi connectivity index (χ2v) is 33.9. The van der Waals surface area contributed by atoms with Gasteiger partial charge in [-0.25, -0.2) is 40.7 Å². The second-order valence-electron chi connectivity index (χ2n) is 33.9. The fourth-order valence-electron chi connectivity index (χ4n) is 17.0. The van der Waals surface area contributed by atoms with Crippen LogP contribution in [-0.2, 0) is 105 Å². The van der Waals surface area contributed by atoms with Crippen LogP contribution in [0.15, 0.2) is 105 Å². The number of hydrogen-bond acceptors (Lipinski definition) is 20. The third-order valence-corrected chi connectivity index (χ3v) is 24.7. The average Bonchev–Trinajstić information content (AvgIpc) is 0.746. The van der Waals surface area contributed by atoms with E-state index in [9.17, 15) is 127 Å². The molecule has 0 bridgehead atoms. The SMILES string of the molecule is CC[C@@H](Nc1cc(F)c(C(=O)N[C@@H](Cc2ccc(-c3c(C(F)(F)F)cc(C)n(C)c3=O)c3c2CCCO3)C(=O)OC)c(F)c1)C(F)(F)F.CC[C@@H](Nc1cc(F)c(C(=O)N[C@@H](Cc2ccc(-c3c(C(F)(F)F)cc(C)n(C)c3=O)c3c2CCCO3)C(=O)OC)c(F)c1)C(F)(F)F.COC(=O)[C@H](Cc1ccc(-c2c(OC)cc(C)n(C)c2=O)c2c1CCCO2)NC(=O)c1c(F)cc(N2CCOC[C@@H]2C(F)(F)F)cc1F. The van der Waals surface area contributed by atoms with Crippen LogP contribution in [0.1, 0.15) is 139 Å². The Morgan fingerprint density at radius 2 is 0.729 bits per heavy atom. The van der Waals surface area contributed by atoms with Gasteiger partial charge in [-0.15, -0.1) is 0 Å². The molecular formula is C97H96F21N9O17. The number of rotatable bonds is 26. The first kappa shape index (κ1) is 110. The van der Waals surface area contributed by atoms with Crippen molar-refractivity contribution < 1.29 is 159 Å². The van der Waals surface area contributed by atoms with Crippen LogP contribution in [0, 0.1) is 55.7 Å². The Hall–Kier alpha value is -13.9. The lowest BCUT2D eigenvalue weighted by molar-refractivity contribution is -0.167. The van der Waals surface area contributed by atoms with Gasteiger partial charge in [0, 0.05) is 104 Å². The van der Waals surface area contributed by atoms with E-state index in [4.69, 9.17) is 37.9 Å². The maximum Gasteiger partial charge on any atom is 0.417 e. The molecule has 0 unspecified atom stereocenters. The molecule has 144 heavy (non-hydrogen) atoms. The first-order valence-electron chi connectivity index (χ1n) is 44.4. The fourth-order valence-corrected chi connectivity index (χ4v) is 17.0. The maximum atomic E-state index is 15.3. The zero-order valence-corrected chi connectivity index (χ0v) is 78.8. The molecule has 4 aliphatic heterocycles. The van der Waals surface area contributed by atoms with E-state index in [2.05, 4.69) is 16.0 Å². The Morgan fingerprint density at radius 1 is 0.424 bits per heavy atom. The number of fused-ring (bicyclic) bond motifs is 3. The number of aryl methyl sites for hydroxylation is 3. The van der Waals surface area contributed by atoms with E-state index in [1.165, 1.54) is 77.7 Å². The summed E-state index contributed by atoms with van der Waals surface area (Å²) in [6.07, 6.45) is -23.3. The number of esters is 3. The van der Waals surface area contributed by atoms with Crippen molar-refractivity contribution in [2.45, 2.75) is 172 Å². The van der Waals surface area contributed by atoms with Crippen molar-refractivity contribution in [3.05, 3.63) is 235 Å². The highest BCUT2D eigenvalue weighted by Crippen LogP contribution is 2.48. The Morgan fingerprint density at radius 3 is 1.02 bits per heavy atom. The van der Waals surface area contributed by atoms with Gasteiger partial charge in [0.2, 0.25) is 0 Å². The van der Waals surface area contributed by atoms with Crippen molar-refractivity contribution in [2.75, 3.05) is 83.6 Å². The molecule has 0 radical (unpaired) electrons. The molecular weight excluding hydrogens is 1960 g/mol. The van der Waals surface area contributed by atoms with Crippen molar-refractivity contribution in [2.24, 2.45) is 21.1 Å². The van der Waals surface area contributed by atoms with Gasteiger partial charge < -0.3 is 83.1 Å². The van der Waals surface area contributed by atoms with Gasteiger partial charge in [0.05, 0.1) is 89.3 Å². The number of hydrogen-bond donors (Lipinski definition) is 5. The van der Waals surface area contributed by atoms with Crippen LogP contribution in [-0.4, -0.2) is 172 Å². The number of anilines is 3. The topological polar surface area (TPSA) is 306 Å². The van der Waals surface area contributed by atoms with E-state index in [1.807, 2.05) is 10.6 Å². The summed E-state index contributed by atoms with van der Waals surface area (Å²) in [6, 6.07) is 4.29. The van der Waals surface area contributed by atoms with Gasteiger partial charge in [-0.2, -0.15) is 65.9 Å². The van der Waals surface area contributed by atoms with Crippen molar-refractivity contribution in [1.82, 2.24) is 29.7 Å². The van der Waals surface area contributed by atoms with Crippen LogP contribution in [0.25, 0.3) is 33.4 Å². The molecule has 7 heterocycles. The number of halogens is 21. The molecule has 47 heteroatoms. The summed E-state index contributed by atoms with van der Waals surface area (Å²) in [5.74, 6) is -15.3. The Bertz CT molecular complexity index is 6270. The smallest absolute Gasteiger partial charge is 0.417 e. The Kier molecular flexibility index (Phi) is 34.5. The fraction of sp³-hybridized carbons (Fsp3) is 0.412. The minimum atomic E-state index is -4.89. The van der Waals surface area contributed by atoms with E-state index >= 15 is 8.78 Å². The number of amides is 3. The molecule has 778 valence electrons. The zero-order valence-electron chi connectivity index (χ0n) is 78.8. The Balaban J connectivity index is 0.000000206. The van der Waals surface area contributed by atoms with Crippen LogP contribution in [0.3, 0.4) is 0 Å². The van der Waals surface area contributed by atoms with E-state index in [-0.39, 0.29) is 104 Å². The number of benzene rings is 6. The zero-order chi connectivity index (χ0) is 106. The number of nitrogens with one attached hydrogen (secondary N) is 5. The molecule has 3 aromatic heterocycles. The third-order valence-electron chi connectivity index (χ3n) is 24.7. The van der Waals surface area contributed by atoms with Gasteiger partial charge in [0.1, 0.15) is 111 Å². The number of nitrogens with zero attached hydrogens (tertiary/aromatic N) is 4. The third kappa shape index (κ3) is 24.4. The minimum absolute atomic E-state index is 0.0236. The number of carbonyl (C=O) groups excluding carboxylic acids is 6. The first-order valence-corrected chi connectivity index (χ1v) is 44.4. The molecule has 3 amide bonds. The number of alkyl halides is 15. The van der Waals surface area contributed by atoms with E-state index in [0.717, 1.165) is 47.5 Å². The summed E-state index contributed by atoms with van der Waals surface area (Å²) >= 11 is 0. The number of ether oxygens (including phenoxy) is 8. The largest absolute Gasteiger partial charge is 0.496 e. The standard InChI is InChI=1S/C33H34F5N3O7.2C32H31F8N3O5/c1-17-12-25(45-3)27(31(43)40(17)2)21-8-7-18(20-6-5-10-48-29(20)21)13-24(32(44)46-4)39-30(42)28-22(34)14-19(15-23(28)35)41-9-11-47-16-26(41)33(36,37)38;2*1-5-24(32(38,39)40)41-17-13-21(33)26(22(34)14-17)28(44)42-23(30(46)47-4)12-16-8-9-19(27-18(16)7-6-10-48-27)25-20(31(35,36)37)11-15(2)43(3)29(25)45/h7-8,12,14-15,24,26H,5-6,9-11,13,16H2,1-4H3,(H,39,42);2*8-9,11,13-14,23-24,41H,5-7,10,12H2,1-4H3,(H,42,44)/t24-,26+;2*23-,24+/m000/s1. The highest BCUT2D eigenvalue weighted by molar-refractivity contribution is 6.00. The normalized spacial score (nSPS) is 15.2.